The van der Waals surface area contributed by atoms with E-state index in [1.807, 2.05) is 48.8 Å². The Morgan fingerprint density at radius 1 is 0.457 bits per heavy atom. The van der Waals surface area contributed by atoms with Crippen molar-refractivity contribution in [1.29, 1.82) is 0 Å². The first kappa shape index (κ1) is 28.3. The van der Waals surface area contributed by atoms with Gasteiger partial charge in [0.15, 0.2) is 0 Å². The minimum absolute atomic E-state index is 0.163. The zero-order valence-electron chi connectivity index (χ0n) is 24.8. The Morgan fingerprint density at radius 2 is 1.00 bits per heavy atom. The van der Waals surface area contributed by atoms with Crippen LogP contribution in [0.4, 0.5) is 0 Å². The van der Waals surface area contributed by atoms with Crippen molar-refractivity contribution >= 4 is 99.1 Å². The Bertz CT molecular complexity index is 2400. The van der Waals surface area contributed by atoms with Gasteiger partial charge in [-0.1, -0.05) is 89.8 Å². The van der Waals surface area contributed by atoms with Crippen LogP contribution in [0.15, 0.2) is 122 Å². The highest BCUT2D eigenvalue weighted by Crippen LogP contribution is 2.43. The lowest BCUT2D eigenvalue weighted by molar-refractivity contribution is 1.13. The fourth-order valence-electron chi connectivity index (χ4n) is 6.57. The molecule has 2 heterocycles. The molecule has 0 N–H and O–H groups in total. The number of hydrogen-bond acceptors (Lipinski definition) is 2. The summed E-state index contributed by atoms with van der Waals surface area (Å²) in [7, 11) is 32.2. The first-order valence-electron chi connectivity index (χ1n) is 14.9. The Kier molecular flexibility index (Phi) is 6.76. The van der Waals surface area contributed by atoms with E-state index in [-0.39, 0.29) is 27.3 Å². The van der Waals surface area contributed by atoms with Gasteiger partial charge in [-0.15, -0.1) is 16.4 Å². The number of aromatic nitrogens is 3. The monoisotopic (exact) mass is 573 g/mol. The second kappa shape index (κ2) is 11.0. The third kappa shape index (κ3) is 4.28. The van der Waals surface area contributed by atoms with Gasteiger partial charge in [0, 0.05) is 28.7 Å². The van der Waals surface area contributed by atoms with Crippen molar-refractivity contribution in [1.82, 2.24) is 14.5 Å². The minimum Gasteiger partial charge on any atom is -0.291 e. The molecule has 8 rings (SSSR count). The highest BCUT2D eigenvalue weighted by molar-refractivity contribution is 6.68. The van der Waals surface area contributed by atoms with Crippen LogP contribution in [0, 0.1) is 0 Å². The highest BCUT2D eigenvalue weighted by Gasteiger charge is 2.24. The maximum atomic E-state index is 6.64. The van der Waals surface area contributed by atoms with Crippen molar-refractivity contribution in [2.45, 2.75) is 0 Å². The van der Waals surface area contributed by atoms with E-state index >= 15 is 0 Å². The van der Waals surface area contributed by atoms with Crippen molar-refractivity contribution in [2.24, 2.45) is 0 Å². The number of imidazole rings is 1. The molecule has 8 heteroatoms. The maximum absolute atomic E-state index is 6.64. The summed E-state index contributed by atoms with van der Waals surface area (Å²) >= 11 is 0. The summed E-state index contributed by atoms with van der Waals surface area (Å²) < 4.78 is 2.12. The quantitative estimate of drug-likeness (QED) is 0.238. The summed E-state index contributed by atoms with van der Waals surface area (Å²) in [4.78, 5) is 9.28. The normalized spacial score (nSPS) is 11.5. The van der Waals surface area contributed by atoms with Crippen LogP contribution in [-0.2, 0) is 0 Å². The van der Waals surface area contributed by atoms with Gasteiger partial charge in [0.25, 0.3) is 0 Å². The summed E-state index contributed by atoms with van der Waals surface area (Å²) in [6, 6.07) is 37.5. The number of benzene rings is 6. The third-order valence-electron chi connectivity index (χ3n) is 8.78. The standard InChI is InChI=1S/C38H20B5N3/c39-32-31(33(40)35(42)36(43)34(32)41)38-45-28-14-5-6-15-29(28)46(38)37-26-12-3-1-10-24(26)30(25-11-2-4-13-27(25)37)23-9-7-8-22(20-23)21-16-18-44-19-17-21/h1-20H. The number of fused-ring (bicyclic) bond motifs is 3. The van der Waals surface area contributed by atoms with E-state index in [0.717, 1.165) is 60.5 Å². The summed E-state index contributed by atoms with van der Waals surface area (Å²) in [5.41, 5.74) is 8.50. The fraction of sp³-hybridized carbons (Fsp3) is 0. The zero-order valence-corrected chi connectivity index (χ0v) is 24.8. The summed E-state index contributed by atoms with van der Waals surface area (Å²) in [5.74, 6) is 0.525. The number of pyridine rings is 1. The molecule has 0 aliphatic carbocycles. The van der Waals surface area contributed by atoms with E-state index in [0.29, 0.717) is 11.4 Å². The van der Waals surface area contributed by atoms with Crippen molar-refractivity contribution < 1.29 is 0 Å². The number of rotatable bonds is 4. The van der Waals surface area contributed by atoms with Gasteiger partial charge in [-0.05, 0) is 63.4 Å². The molecule has 202 valence electrons. The van der Waals surface area contributed by atoms with Crippen molar-refractivity contribution in [3.8, 4) is 39.3 Å². The topological polar surface area (TPSA) is 30.7 Å². The maximum Gasteiger partial charge on any atom is 0.144 e. The Morgan fingerprint density at radius 3 is 1.65 bits per heavy atom. The van der Waals surface area contributed by atoms with E-state index in [1.165, 1.54) is 0 Å². The zero-order chi connectivity index (χ0) is 31.5. The lowest BCUT2D eigenvalue weighted by Gasteiger charge is -2.23. The van der Waals surface area contributed by atoms with Crippen LogP contribution in [0.25, 0.3) is 71.9 Å². The number of nitrogens with zero attached hydrogens (tertiary/aromatic N) is 3. The molecule has 0 fully saturated rings. The number of para-hydroxylation sites is 2. The van der Waals surface area contributed by atoms with Gasteiger partial charge in [0.1, 0.15) is 45.1 Å². The van der Waals surface area contributed by atoms with Gasteiger partial charge in [0.2, 0.25) is 0 Å². The van der Waals surface area contributed by atoms with E-state index < -0.39 is 0 Å². The molecule has 0 bridgehead atoms. The van der Waals surface area contributed by atoms with Crippen LogP contribution < -0.4 is 27.3 Å². The molecule has 0 aliphatic rings. The molecule has 0 saturated heterocycles. The van der Waals surface area contributed by atoms with Gasteiger partial charge < -0.3 is 0 Å². The van der Waals surface area contributed by atoms with Gasteiger partial charge in [-0.3, -0.25) is 9.55 Å². The molecule has 10 radical (unpaired) electrons. The van der Waals surface area contributed by atoms with Crippen LogP contribution in [-0.4, -0.2) is 53.8 Å². The predicted molar refractivity (Wildman–Crippen MR) is 197 cm³/mol. The van der Waals surface area contributed by atoms with Crippen LogP contribution in [0.1, 0.15) is 0 Å². The first-order valence-corrected chi connectivity index (χ1v) is 14.9. The van der Waals surface area contributed by atoms with Gasteiger partial charge >= 0.3 is 0 Å². The van der Waals surface area contributed by atoms with E-state index in [1.54, 1.807) is 0 Å². The van der Waals surface area contributed by atoms with Crippen LogP contribution in [0.5, 0.6) is 0 Å². The van der Waals surface area contributed by atoms with Crippen molar-refractivity contribution in [3.05, 3.63) is 122 Å². The third-order valence-corrected chi connectivity index (χ3v) is 8.78. The highest BCUT2D eigenvalue weighted by atomic mass is 15.1. The molecular weight excluding hydrogens is 552 g/mol. The predicted octanol–water partition coefficient (Wildman–Crippen LogP) is 3.70. The molecule has 0 amide bonds. The molecule has 2 aromatic heterocycles. The molecule has 46 heavy (non-hydrogen) atoms. The molecule has 6 aromatic carbocycles. The van der Waals surface area contributed by atoms with Crippen LogP contribution >= 0.6 is 0 Å². The Hall–Kier alpha value is -5.22. The van der Waals surface area contributed by atoms with Gasteiger partial charge in [-0.2, -0.15) is 0 Å². The molecule has 8 aromatic rings. The fourth-order valence-corrected chi connectivity index (χ4v) is 6.57. The molecule has 0 atom stereocenters. The summed E-state index contributed by atoms with van der Waals surface area (Å²) in [5, 5.41) is 4.24. The molecule has 0 unspecified atom stereocenters. The average molecular weight is 573 g/mol. The summed E-state index contributed by atoms with van der Waals surface area (Å²) in [6.07, 6.45) is 3.63. The average Bonchev–Trinajstić information content (AvgIpc) is 3.47. The molecule has 0 saturated carbocycles. The minimum atomic E-state index is 0.163. The number of hydrogen-bond donors (Lipinski definition) is 0. The van der Waals surface area contributed by atoms with Crippen LogP contribution in [0.3, 0.4) is 0 Å². The molecule has 3 nitrogen and oxygen atoms in total. The lowest BCUT2D eigenvalue weighted by Crippen LogP contribution is -2.55. The molecule has 0 spiro atoms. The van der Waals surface area contributed by atoms with E-state index in [9.17, 15) is 0 Å². The molecular formula is C38H20B5N3. The largest absolute Gasteiger partial charge is 0.291 e. The molecule has 0 aliphatic heterocycles. The second-order valence-corrected chi connectivity index (χ2v) is 11.3. The Labute approximate surface area is 273 Å². The lowest BCUT2D eigenvalue weighted by atomic mass is 9.60. The van der Waals surface area contributed by atoms with E-state index in [2.05, 4.69) is 82.3 Å². The Balaban J connectivity index is 1.51. The van der Waals surface area contributed by atoms with Crippen molar-refractivity contribution in [2.75, 3.05) is 0 Å². The SMILES string of the molecule is [B]c1c([B])c([B])c(-c2nc3ccccc3n2-c2c3ccccc3c(-c3cccc(-c4ccncc4)c3)c3ccccc23)c([B])c1[B]. The van der Waals surface area contributed by atoms with Gasteiger partial charge in [0.05, 0.1) is 16.7 Å². The van der Waals surface area contributed by atoms with E-state index in [4.69, 9.17) is 44.2 Å². The van der Waals surface area contributed by atoms with Crippen LogP contribution in [0.2, 0.25) is 0 Å². The summed E-state index contributed by atoms with van der Waals surface area (Å²) in [6.45, 7) is 0. The second-order valence-electron chi connectivity index (χ2n) is 11.3. The first-order chi connectivity index (χ1) is 22.4. The van der Waals surface area contributed by atoms with Crippen molar-refractivity contribution in [3.63, 3.8) is 0 Å². The van der Waals surface area contributed by atoms with Gasteiger partial charge in [-0.25, -0.2) is 4.98 Å². The smallest absolute Gasteiger partial charge is 0.144 e.